The van der Waals surface area contributed by atoms with Crippen LogP contribution in [0.5, 0.6) is 0 Å². The molecule has 1 N–H and O–H groups in total. The number of fused-ring (bicyclic) bond motifs is 4. The average molecular weight is 781 g/mol. The van der Waals surface area contributed by atoms with Crippen LogP contribution in [0.15, 0.2) is 133 Å². The third-order valence-corrected chi connectivity index (χ3v) is 6.78. The van der Waals surface area contributed by atoms with Crippen LogP contribution in [-0.4, -0.2) is 40.9 Å². The Bertz CT molecular complexity index is 2080. The summed E-state index contributed by atoms with van der Waals surface area (Å²) in [6, 6.07) is 46.4. The topological polar surface area (TPSA) is 98.7 Å². The maximum atomic E-state index is 10.0. The Morgan fingerprint density at radius 1 is 0.587 bits per heavy atom. The molecule has 8 nitrogen and oxygen atoms in total. The Morgan fingerprint density at radius 2 is 0.935 bits per heavy atom. The molecule has 6 aromatic carbocycles. The van der Waals surface area contributed by atoms with E-state index >= 15 is 0 Å². The van der Waals surface area contributed by atoms with Gasteiger partial charge < -0.3 is 5.11 Å². The van der Waals surface area contributed by atoms with E-state index in [0.717, 1.165) is 55.0 Å². The van der Waals surface area contributed by atoms with Crippen LogP contribution in [0.3, 0.4) is 0 Å². The second-order valence-electron chi connectivity index (χ2n) is 10.2. The second kappa shape index (κ2) is 14.5. The molecule has 46 heavy (non-hydrogen) atoms. The van der Waals surface area contributed by atoms with Gasteiger partial charge in [-0.2, -0.15) is 66.4 Å². The molecule has 229 valence electrons. The first kappa shape index (κ1) is 31.9. The number of hydrogen-bond acceptors (Lipinski definition) is 6. The smallest absolute Gasteiger partial charge is 0.155 e. The van der Waals surface area contributed by atoms with Crippen molar-refractivity contribution in [3.63, 3.8) is 0 Å². The van der Waals surface area contributed by atoms with E-state index in [0.29, 0.717) is 0 Å². The summed E-state index contributed by atoms with van der Waals surface area (Å²) in [6.07, 6.45) is 1.17. The Kier molecular flexibility index (Phi) is 10.1. The van der Waals surface area contributed by atoms with Crippen LogP contribution in [-0.2, 0) is 24.9 Å². The molecule has 9 heteroatoms. The molecule has 0 saturated carbocycles. The summed E-state index contributed by atoms with van der Waals surface area (Å²) in [7, 11) is 0. The van der Waals surface area contributed by atoms with Gasteiger partial charge in [-0.1, -0.05) is 60.7 Å². The first-order chi connectivity index (χ1) is 22.0. The molecule has 0 bridgehead atoms. The molecule has 0 unspecified atom stereocenters. The van der Waals surface area contributed by atoms with E-state index < -0.39 is 0 Å². The van der Waals surface area contributed by atoms with E-state index in [4.69, 9.17) is 5.11 Å². The van der Waals surface area contributed by atoms with Crippen molar-refractivity contribution in [3.8, 4) is 11.4 Å². The fraction of sp³-hybridized carbons (Fsp3) is 0.0541. The van der Waals surface area contributed by atoms with Crippen molar-refractivity contribution in [2.24, 2.45) is 0 Å². The van der Waals surface area contributed by atoms with Crippen molar-refractivity contribution in [1.29, 1.82) is 0 Å². The summed E-state index contributed by atoms with van der Waals surface area (Å²) in [4.78, 5) is 13.3. The van der Waals surface area contributed by atoms with Crippen LogP contribution < -0.4 is 0 Å². The van der Waals surface area contributed by atoms with E-state index in [-0.39, 0.29) is 31.6 Å². The first-order valence-corrected chi connectivity index (χ1v) is 14.3. The van der Waals surface area contributed by atoms with Crippen LogP contribution in [0.25, 0.3) is 55.0 Å². The monoisotopic (exact) mass is 781 g/mol. The van der Waals surface area contributed by atoms with Gasteiger partial charge in [-0.3, -0.25) is 4.79 Å². The molecule has 2 heterocycles. The van der Waals surface area contributed by atoms with Gasteiger partial charge in [0.1, 0.15) is 22.1 Å². The zero-order chi connectivity index (χ0) is 31.2. The number of aliphatic hydroxyl groups excluding tert-OH is 1. The molecule has 0 aliphatic carbocycles. The van der Waals surface area contributed by atoms with Crippen molar-refractivity contribution in [2.45, 2.75) is 13.8 Å². The van der Waals surface area contributed by atoms with Gasteiger partial charge in [-0.15, -0.1) is 33.7 Å². The second-order valence-corrected chi connectivity index (χ2v) is 10.2. The maximum absolute atomic E-state index is 10.0. The number of benzene rings is 6. The van der Waals surface area contributed by atoms with Gasteiger partial charge in [0, 0.05) is 26.2 Å². The summed E-state index contributed by atoms with van der Waals surface area (Å²) < 4.78 is 0. The van der Waals surface area contributed by atoms with Crippen LogP contribution in [0, 0.1) is 12.1 Å². The Morgan fingerprint density at radius 3 is 1.26 bits per heavy atom. The molecule has 0 fully saturated rings. The molecule has 8 aromatic rings. The Labute approximate surface area is 279 Å². The van der Waals surface area contributed by atoms with Crippen molar-refractivity contribution < 1.29 is 30.0 Å². The predicted molar refractivity (Wildman–Crippen MR) is 177 cm³/mol. The molecule has 0 amide bonds. The Balaban J connectivity index is 0.000000149. The quantitative estimate of drug-likeness (QED) is 0.112. The fourth-order valence-electron chi connectivity index (χ4n) is 4.84. The van der Waals surface area contributed by atoms with Crippen LogP contribution in [0.2, 0.25) is 0 Å². The van der Waals surface area contributed by atoms with E-state index in [2.05, 4.69) is 56.8 Å². The fourth-order valence-corrected chi connectivity index (χ4v) is 4.84. The van der Waals surface area contributed by atoms with Gasteiger partial charge in [-0.25, -0.2) is 0 Å². The van der Waals surface area contributed by atoms with Crippen LogP contribution in [0.4, 0.5) is 0 Å². The van der Waals surface area contributed by atoms with Gasteiger partial charge >= 0.3 is 0 Å². The minimum Gasteiger partial charge on any atom is -0.512 e. The molecular formula is C37H28IrN6O2-2. The summed E-state index contributed by atoms with van der Waals surface area (Å²) in [5.74, 6) is -0.0625. The molecule has 0 atom stereocenters. The van der Waals surface area contributed by atoms with Crippen LogP contribution >= 0.6 is 0 Å². The third-order valence-electron chi connectivity index (χ3n) is 6.78. The van der Waals surface area contributed by atoms with Crippen molar-refractivity contribution in [3.05, 3.63) is 145 Å². The largest absolute Gasteiger partial charge is 0.512 e. The SMILES string of the molecule is CC(=O)C=C(C)O.[Ir].[c-]1ccc2ccccc2c1-n1nc2ccccc2n1.[c-]1ccc2ccccc2c1-n1nc2ccccc2n1. The van der Waals surface area contributed by atoms with Crippen molar-refractivity contribution in [2.75, 3.05) is 0 Å². The summed E-state index contributed by atoms with van der Waals surface area (Å²) >= 11 is 0. The van der Waals surface area contributed by atoms with Gasteiger partial charge in [0.25, 0.3) is 0 Å². The summed E-state index contributed by atoms with van der Waals surface area (Å²) in [5.41, 5.74) is 5.34. The zero-order valence-electron chi connectivity index (χ0n) is 25.0. The normalized spacial score (nSPS) is 11.0. The van der Waals surface area contributed by atoms with E-state index in [1.54, 1.807) is 9.59 Å². The molecular weight excluding hydrogens is 753 g/mol. The number of carbonyl (C=O) groups is 1. The number of allylic oxidation sites excluding steroid dienone is 2. The van der Waals surface area contributed by atoms with Crippen molar-refractivity contribution >= 4 is 49.4 Å². The number of rotatable bonds is 3. The minimum atomic E-state index is -0.125. The number of carbonyl (C=O) groups excluding carboxylic acids is 1. The molecule has 0 aliphatic heterocycles. The average Bonchev–Trinajstić information content (AvgIpc) is 3.69. The zero-order valence-corrected chi connectivity index (χ0v) is 27.4. The molecule has 1 radical (unpaired) electrons. The first-order valence-electron chi connectivity index (χ1n) is 14.3. The van der Waals surface area contributed by atoms with Crippen molar-refractivity contribution in [1.82, 2.24) is 30.0 Å². The predicted octanol–water partition coefficient (Wildman–Crippen LogP) is 7.78. The molecule has 0 spiro atoms. The van der Waals surface area contributed by atoms with E-state index in [9.17, 15) is 4.79 Å². The number of aliphatic hydroxyl groups is 1. The minimum absolute atomic E-state index is 0. The molecule has 0 saturated heterocycles. The van der Waals surface area contributed by atoms with E-state index in [1.165, 1.54) is 19.9 Å². The summed E-state index contributed by atoms with van der Waals surface area (Å²) in [6.45, 7) is 2.85. The number of aromatic nitrogens is 6. The molecule has 8 rings (SSSR count). The maximum Gasteiger partial charge on any atom is 0.155 e. The standard InChI is InChI=1S/2C16H10N3.C5H8O2.Ir/c2*1-2-8-13-12(6-1)7-5-11-16(13)19-17-14-9-3-4-10-15(14)18-19;1-4(6)3-5(2)7;/h2*1-10H;3,6H,1-2H3;/q2*-1;;. The van der Waals surface area contributed by atoms with Gasteiger partial charge in [0.05, 0.1) is 5.76 Å². The van der Waals surface area contributed by atoms with Crippen LogP contribution in [0.1, 0.15) is 13.8 Å². The Hall–Kier alpha value is -5.50. The number of nitrogens with zero attached hydrogens (tertiary/aromatic N) is 6. The molecule has 2 aromatic heterocycles. The number of hydrogen-bond donors (Lipinski definition) is 1. The van der Waals surface area contributed by atoms with Gasteiger partial charge in [0.2, 0.25) is 0 Å². The van der Waals surface area contributed by atoms with E-state index in [1.807, 2.05) is 97.1 Å². The van der Waals surface area contributed by atoms with Gasteiger partial charge in [0.15, 0.2) is 5.78 Å². The summed E-state index contributed by atoms with van der Waals surface area (Å²) in [5, 5.41) is 30.9. The molecule has 0 aliphatic rings. The third kappa shape index (κ3) is 7.24. The van der Waals surface area contributed by atoms with Gasteiger partial charge in [-0.05, 0) is 49.5 Å². The number of ketones is 1.